The highest BCUT2D eigenvalue weighted by atomic mass is 16.5. The van der Waals surface area contributed by atoms with Gasteiger partial charge in [-0.15, -0.1) is 0 Å². The van der Waals surface area contributed by atoms with Gasteiger partial charge in [-0.2, -0.15) is 0 Å². The molecule has 0 unspecified atom stereocenters. The molecule has 0 aromatic heterocycles. The summed E-state index contributed by atoms with van der Waals surface area (Å²) in [6, 6.07) is 24.0. The average molecular weight is 343 g/mol. The van der Waals surface area contributed by atoms with Gasteiger partial charge in [-0.25, -0.2) is 0 Å². The first-order valence-electron chi connectivity index (χ1n) is 8.69. The molecule has 3 aromatic carbocycles. The van der Waals surface area contributed by atoms with Gasteiger partial charge in [0.25, 0.3) is 0 Å². The van der Waals surface area contributed by atoms with E-state index in [0.717, 1.165) is 33.7 Å². The van der Waals surface area contributed by atoms with Crippen LogP contribution in [-0.2, 0) is 10.2 Å². The monoisotopic (exact) mass is 343 g/mol. The molecule has 0 bridgehead atoms. The topological polar surface area (TPSA) is 29.5 Å². The van der Waals surface area contributed by atoms with E-state index in [9.17, 15) is 4.79 Å². The Morgan fingerprint density at radius 1 is 0.885 bits per heavy atom. The molecule has 4 rings (SSSR count). The highest BCUT2D eigenvalue weighted by Crippen LogP contribution is 2.46. The number of hydrogen-bond acceptors (Lipinski definition) is 2. The van der Waals surface area contributed by atoms with Crippen LogP contribution in [0.25, 0.3) is 11.1 Å². The number of carbonyl (C=O) groups excluding carboxylic acids is 1. The van der Waals surface area contributed by atoms with Crippen LogP contribution in [0.2, 0.25) is 0 Å². The molecule has 3 heteroatoms. The minimum atomic E-state index is -0.765. The maximum atomic E-state index is 13.6. The summed E-state index contributed by atoms with van der Waals surface area (Å²) in [5, 5.41) is 0. The van der Waals surface area contributed by atoms with E-state index >= 15 is 0 Å². The molecule has 0 fully saturated rings. The second-order valence-corrected chi connectivity index (χ2v) is 6.78. The van der Waals surface area contributed by atoms with E-state index in [-0.39, 0.29) is 5.91 Å². The van der Waals surface area contributed by atoms with Gasteiger partial charge in [0.15, 0.2) is 0 Å². The lowest BCUT2D eigenvalue weighted by molar-refractivity contribution is -0.121. The van der Waals surface area contributed by atoms with E-state index in [1.54, 1.807) is 12.0 Å². The molecule has 1 amide bonds. The van der Waals surface area contributed by atoms with E-state index in [2.05, 4.69) is 12.1 Å². The lowest BCUT2D eigenvalue weighted by Crippen LogP contribution is -2.43. The van der Waals surface area contributed by atoms with E-state index in [1.807, 2.05) is 74.6 Å². The van der Waals surface area contributed by atoms with Gasteiger partial charge in [-0.05, 0) is 41.8 Å². The van der Waals surface area contributed by atoms with E-state index in [1.165, 1.54) is 0 Å². The zero-order valence-electron chi connectivity index (χ0n) is 15.2. The third-order valence-corrected chi connectivity index (χ3v) is 5.40. The summed E-state index contributed by atoms with van der Waals surface area (Å²) in [6.45, 7) is 2.02. The maximum Gasteiger partial charge on any atom is 0.241 e. The van der Waals surface area contributed by atoms with Gasteiger partial charge >= 0.3 is 0 Å². The fourth-order valence-electron chi connectivity index (χ4n) is 3.91. The van der Waals surface area contributed by atoms with Crippen LogP contribution in [-0.4, -0.2) is 20.1 Å². The normalized spacial score (nSPS) is 18.7. The second kappa shape index (κ2) is 6.03. The number of rotatable bonds is 2. The number of benzene rings is 3. The highest BCUT2D eigenvalue weighted by Gasteiger charge is 2.43. The van der Waals surface area contributed by atoms with Crippen LogP contribution in [0.5, 0.6) is 5.75 Å². The number of likely N-dealkylation sites (N-methyl/N-ethyl adjacent to an activating group) is 1. The summed E-state index contributed by atoms with van der Waals surface area (Å²) < 4.78 is 5.43. The number of nitrogens with zero attached hydrogens (tertiary/aromatic N) is 1. The molecular weight excluding hydrogens is 322 g/mol. The SMILES string of the molecule is COc1ccc2c(c1)-c1ccccc1[C@](C)(c1ccccc1)C(=O)N2C. The van der Waals surface area contributed by atoms with Crippen molar-refractivity contribution in [3.63, 3.8) is 0 Å². The van der Waals surface area contributed by atoms with E-state index < -0.39 is 5.41 Å². The second-order valence-electron chi connectivity index (χ2n) is 6.78. The Kier molecular flexibility index (Phi) is 3.80. The van der Waals surface area contributed by atoms with Crippen molar-refractivity contribution in [3.05, 3.63) is 83.9 Å². The molecule has 130 valence electrons. The van der Waals surface area contributed by atoms with Crippen LogP contribution in [0.15, 0.2) is 72.8 Å². The van der Waals surface area contributed by atoms with Gasteiger partial charge in [0, 0.05) is 12.6 Å². The van der Waals surface area contributed by atoms with E-state index in [0.29, 0.717) is 0 Å². The Morgan fingerprint density at radius 2 is 1.58 bits per heavy atom. The van der Waals surface area contributed by atoms with Crippen molar-refractivity contribution < 1.29 is 9.53 Å². The quantitative estimate of drug-likeness (QED) is 0.678. The number of hydrogen-bond donors (Lipinski definition) is 0. The predicted molar refractivity (Wildman–Crippen MR) is 105 cm³/mol. The number of carbonyl (C=O) groups is 1. The summed E-state index contributed by atoms with van der Waals surface area (Å²) in [4.78, 5) is 15.4. The Labute approximate surface area is 153 Å². The number of methoxy groups -OCH3 is 1. The molecule has 1 atom stereocenters. The molecule has 1 aliphatic rings. The van der Waals surface area contributed by atoms with Crippen molar-refractivity contribution in [2.75, 3.05) is 19.1 Å². The Balaban J connectivity index is 2.08. The smallest absolute Gasteiger partial charge is 0.241 e. The summed E-state index contributed by atoms with van der Waals surface area (Å²) in [7, 11) is 3.51. The fourth-order valence-corrected chi connectivity index (χ4v) is 3.91. The molecule has 1 aliphatic heterocycles. The summed E-state index contributed by atoms with van der Waals surface area (Å²) in [6.07, 6.45) is 0. The lowest BCUT2D eigenvalue weighted by Gasteiger charge is -2.32. The molecule has 0 spiro atoms. The minimum absolute atomic E-state index is 0.0556. The van der Waals surface area contributed by atoms with Crippen molar-refractivity contribution in [1.82, 2.24) is 0 Å². The zero-order chi connectivity index (χ0) is 18.3. The van der Waals surface area contributed by atoms with Crippen molar-refractivity contribution in [2.45, 2.75) is 12.3 Å². The third-order valence-electron chi connectivity index (χ3n) is 5.40. The predicted octanol–water partition coefficient (Wildman–Crippen LogP) is 4.64. The van der Waals surface area contributed by atoms with Crippen LogP contribution in [0.3, 0.4) is 0 Å². The van der Waals surface area contributed by atoms with Crippen LogP contribution >= 0.6 is 0 Å². The Hall–Kier alpha value is -3.07. The van der Waals surface area contributed by atoms with Gasteiger partial charge in [0.2, 0.25) is 5.91 Å². The molecular formula is C23H21NO2. The average Bonchev–Trinajstić information content (AvgIpc) is 2.78. The van der Waals surface area contributed by atoms with Gasteiger partial charge < -0.3 is 9.64 Å². The molecule has 26 heavy (non-hydrogen) atoms. The van der Waals surface area contributed by atoms with Crippen molar-refractivity contribution in [3.8, 4) is 16.9 Å². The van der Waals surface area contributed by atoms with Crippen LogP contribution in [0.1, 0.15) is 18.1 Å². The molecule has 0 aliphatic carbocycles. The molecule has 3 aromatic rings. The Morgan fingerprint density at radius 3 is 2.31 bits per heavy atom. The van der Waals surface area contributed by atoms with Crippen LogP contribution in [0.4, 0.5) is 5.69 Å². The molecule has 0 saturated heterocycles. The molecule has 0 radical (unpaired) electrons. The van der Waals surface area contributed by atoms with Gasteiger partial charge in [0.05, 0.1) is 18.2 Å². The van der Waals surface area contributed by atoms with Gasteiger partial charge in [0.1, 0.15) is 5.75 Å². The summed E-state index contributed by atoms with van der Waals surface area (Å²) in [5.41, 5.74) is 4.20. The fraction of sp³-hybridized carbons (Fsp3) is 0.174. The first-order valence-corrected chi connectivity index (χ1v) is 8.69. The molecule has 1 heterocycles. The highest BCUT2D eigenvalue weighted by molar-refractivity contribution is 6.09. The minimum Gasteiger partial charge on any atom is -0.497 e. The number of fused-ring (bicyclic) bond motifs is 3. The third kappa shape index (κ3) is 2.24. The standard InChI is InChI=1S/C23H21NO2/c1-23(16-9-5-4-6-10-16)20-12-8-7-11-18(20)19-15-17(26-3)13-14-21(19)24(2)22(23)25/h4-15H,1-3H3/t23-/m0/s1. The van der Waals surface area contributed by atoms with Crippen molar-refractivity contribution in [2.24, 2.45) is 0 Å². The maximum absolute atomic E-state index is 13.6. The molecule has 0 saturated carbocycles. The van der Waals surface area contributed by atoms with Crippen molar-refractivity contribution in [1.29, 1.82) is 0 Å². The van der Waals surface area contributed by atoms with Gasteiger partial charge in [-0.1, -0.05) is 54.6 Å². The van der Waals surface area contributed by atoms with Crippen LogP contribution in [0, 0.1) is 0 Å². The first-order chi connectivity index (χ1) is 12.6. The lowest BCUT2D eigenvalue weighted by atomic mass is 9.73. The first kappa shape index (κ1) is 16.4. The summed E-state index contributed by atoms with van der Waals surface area (Å²) >= 11 is 0. The number of ether oxygens (including phenoxy) is 1. The number of anilines is 1. The molecule has 3 nitrogen and oxygen atoms in total. The zero-order valence-corrected chi connectivity index (χ0v) is 15.2. The van der Waals surface area contributed by atoms with Crippen molar-refractivity contribution >= 4 is 11.6 Å². The van der Waals surface area contributed by atoms with E-state index in [4.69, 9.17) is 4.74 Å². The summed E-state index contributed by atoms with van der Waals surface area (Å²) in [5.74, 6) is 0.836. The number of amides is 1. The largest absolute Gasteiger partial charge is 0.497 e. The van der Waals surface area contributed by atoms with Gasteiger partial charge in [-0.3, -0.25) is 4.79 Å². The van der Waals surface area contributed by atoms with Crippen LogP contribution < -0.4 is 9.64 Å². The Bertz CT molecular complexity index is 981. The molecule has 0 N–H and O–H groups in total.